The molecule has 0 fully saturated rings. The highest BCUT2D eigenvalue weighted by Gasteiger charge is 2.18. The molecule has 5 nitrogen and oxygen atoms in total. The van der Waals surface area contributed by atoms with Crippen molar-refractivity contribution in [2.75, 3.05) is 22.4 Å². The molecule has 2 rings (SSSR count). The third kappa shape index (κ3) is 6.16. The first kappa shape index (κ1) is 21.0. The zero-order valence-corrected chi connectivity index (χ0v) is 17.8. The second-order valence-corrected chi connectivity index (χ2v) is 9.20. The van der Waals surface area contributed by atoms with Crippen molar-refractivity contribution in [3.05, 3.63) is 57.0 Å². The Kier molecular flexibility index (Phi) is 7.34. The van der Waals surface area contributed by atoms with Crippen LogP contribution in [0.4, 0.5) is 11.4 Å². The van der Waals surface area contributed by atoms with Gasteiger partial charge in [-0.05, 0) is 58.7 Å². The molecule has 0 heterocycles. The van der Waals surface area contributed by atoms with E-state index in [1.54, 1.807) is 42.5 Å². The summed E-state index contributed by atoms with van der Waals surface area (Å²) in [4.78, 5) is 12.1. The minimum Gasteiger partial charge on any atom is -0.326 e. The van der Waals surface area contributed by atoms with Gasteiger partial charge >= 0.3 is 0 Å². The molecule has 0 spiro atoms. The Morgan fingerprint density at radius 1 is 1.19 bits per heavy atom. The van der Waals surface area contributed by atoms with Gasteiger partial charge in [-0.15, -0.1) is 0 Å². The average Bonchev–Trinajstić information content (AvgIpc) is 2.54. The van der Waals surface area contributed by atoms with Crippen LogP contribution in [0.3, 0.4) is 0 Å². The maximum absolute atomic E-state index is 12.1. The molecule has 0 aliphatic heterocycles. The molecule has 26 heavy (non-hydrogen) atoms. The molecule has 0 unspecified atom stereocenters. The molecule has 0 bridgehead atoms. The van der Waals surface area contributed by atoms with Crippen molar-refractivity contribution in [2.24, 2.45) is 0 Å². The number of carbonyl (C=O) groups is 1. The van der Waals surface area contributed by atoms with E-state index < -0.39 is 10.0 Å². The van der Waals surface area contributed by atoms with Gasteiger partial charge in [0.1, 0.15) is 0 Å². The lowest BCUT2D eigenvalue weighted by molar-refractivity contribution is -0.116. The van der Waals surface area contributed by atoms with Crippen LogP contribution >= 0.6 is 39.1 Å². The molecule has 0 saturated heterocycles. The summed E-state index contributed by atoms with van der Waals surface area (Å²) in [6, 6.07) is 11.7. The summed E-state index contributed by atoms with van der Waals surface area (Å²) in [5.41, 5.74) is 1.05. The first-order valence-electron chi connectivity index (χ1n) is 7.65. The van der Waals surface area contributed by atoms with E-state index in [-0.39, 0.29) is 18.9 Å². The number of carbonyl (C=O) groups excluding carboxylic acids is 1. The number of hydrogen-bond acceptors (Lipinski definition) is 3. The Bertz CT molecular complexity index is 907. The highest BCUT2D eigenvalue weighted by Crippen LogP contribution is 2.26. The van der Waals surface area contributed by atoms with Crippen LogP contribution in [-0.2, 0) is 14.8 Å². The fourth-order valence-electron chi connectivity index (χ4n) is 2.30. The van der Waals surface area contributed by atoms with Gasteiger partial charge in [-0.2, -0.15) is 0 Å². The number of hydrogen-bond donors (Lipinski definition) is 1. The van der Waals surface area contributed by atoms with Gasteiger partial charge in [0.2, 0.25) is 15.9 Å². The smallest absolute Gasteiger partial charge is 0.232 e. The van der Waals surface area contributed by atoms with Crippen LogP contribution in [0.25, 0.3) is 0 Å². The van der Waals surface area contributed by atoms with Crippen LogP contribution in [0.2, 0.25) is 10.0 Å². The summed E-state index contributed by atoms with van der Waals surface area (Å²) in [6.45, 7) is 0.174. The van der Waals surface area contributed by atoms with Crippen molar-refractivity contribution in [3.63, 3.8) is 0 Å². The highest BCUT2D eigenvalue weighted by molar-refractivity contribution is 9.10. The fraction of sp³-hybridized carbons (Fsp3) is 0.235. The number of halogens is 3. The standard InChI is InChI=1S/C17H17BrCl2N2O3S/c1-26(24,25)22(14-5-2-4-12(19)10-14)9-3-6-17(23)21-13-7-8-15(18)16(20)11-13/h2,4-5,7-8,10-11H,3,6,9H2,1H3,(H,21,23). The molecule has 2 aromatic rings. The summed E-state index contributed by atoms with van der Waals surface area (Å²) in [6.07, 6.45) is 1.65. The van der Waals surface area contributed by atoms with Crippen LogP contribution in [0.15, 0.2) is 46.9 Å². The predicted octanol–water partition coefficient (Wildman–Crippen LogP) is 4.94. The normalized spacial score (nSPS) is 11.2. The fourth-order valence-corrected chi connectivity index (χ4v) is 3.87. The Morgan fingerprint density at radius 3 is 2.54 bits per heavy atom. The second-order valence-electron chi connectivity index (χ2n) is 5.60. The summed E-state index contributed by atoms with van der Waals surface area (Å²) < 4.78 is 26.1. The summed E-state index contributed by atoms with van der Waals surface area (Å²) >= 11 is 15.2. The van der Waals surface area contributed by atoms with Gasteiger partial charge < -0.3 is 5.32 Å². The Morgan fingerprint density at radius 2 is 1.92 bits per heavy atom. The molecule has 2 aromatic carbocycles. The second kappa shape index (κ2) is 9.08. The zero-order valence-electron chi connectivity index (χ0n) is 13.9. The summed E-state index contributed by atoms with van der Waals surface area (Å²) in [5.74, 6) is -0.220. The third-order valence-electron chi connectivity index (χ3n) is 3.46. The van der Waals surface area contributed by atoms with Crippen LogP contribution < -0.4 is 9.62 Å². The van der Waals surface area contributed by atoms with Crippen molar-refractivity contribution < 1.29 is 13.2 Å². The van der Waals surface area contributed by atoms with Gasteiger partial charge in [0.15, 0.2) is 0 Å². The molecular weight excluding hydrogens is 463 g/mol. The number of nitrogens with zero attached hydrogens (tertiary/aromatic N) is 1. The van der Waals surface area contributed by atoms with E-state index in [4.69, 9.17) is 23.2 Å². The van der Waals surface area contributed by atoms with Crippen LogP contribution in [0.1, 0.15) is 12.8 Å². The van der Waals surface area contributed by atoms with Crippen molar-refractivity contribution in [3.8, 4) is 0 Å². The molecule has 0 atom stereocenters. The number of anilines is 2. The molecule has 0 aliphatic carbocycles. The Labute approximate surface area is 171 Å². The van der Waals surface area contributed by atoms with Crippen LogP contribution in [-0.4, -0.2) is 27.1 Å². The van der Waals surface area contributed by atoms with Gasteiger partial charge in [-0.1, -0.05) is 29.3 Å². The van der Waals surface area contributed by atoms with Crippen molar-refractivity contribution in [1.82, 2.24) is 0 Å². The van der Waals surface area contributed by atoms with E-state index in [0.717, 1.165) is 10.7 Å². The lowest BCUT2D eigenvalue weighted by atomic mass is 10.2. The summed E-state index contributed by atoms with van der Waals surface area (Å²) in [5, 5.41) is 3.68. The van der Waals surface area contributed by atoms with Crippen molar-refractivity contribution in [2.45, 2.75) is 12.8 Å². The number of rotatable bonds is 7. The SMILES string of the molecule is CS(=O)(=O)N(CCCC(=O)Nc1ccc(Br)c(Cl)c1)c1cccc(Cl)c1. The monoisotopic (exact) mass is 478 g/mol. The van der Waals surface area contributed by atoms with Crippen LogP contribution in [0.5, 0.6) is 0 Å². The Balaban J connectivity index is 1.96. The number of nitrogens with one attached hydrogen (secondary N) is 1. The van der Waals surface area contributed by atoms with E-state index in [1.165, 1.54) is 4.31 Å². The van der Waals surface area contributed by atoms with Crippen LogP contribution in [0, 0.1) is 0 Å². The van der Waals surface area contributed by atoms with E-state index in [2.05, 4.69) is 21.2 Å². The van der Waals surface area contributed by atoms with E-state index in [0.29, 0.717) is 27.8 Å². The quantitative estimate of drug-likeness (QED) is 0.611. The maximum Gasteiger partial charge on any atom is 0.232 e. The molecule has 1 amide bonds. The minimum atomic E-state index is -3.48. The lowest BCUT2D eigenvalue weighted by Gasteiger charge is -2.22. The summed E-state index contributed by atoms with van der Waals surface area (Å²) in [7, 11) is -3.48. The van der Waals surface area contributed by atoms with Gasteiger partial charge in [0.25, 0.3) is 0 Å². The third-order valence-corrected chi connectivity index (χ3v) is 6.13. The maximum atomic E-state index is 12.1. The molecular formula is C17H17BrCl2N2O3S. The molecule has 0 aromatic heterocycles. The van der Waals surface area contributed by atoms with Gasteiger partial charge in [-0.25, -0.2) is 8.42 Å². The highest BCUT2D eigenvalue weighted by atomic mass is 79.9. The number of amides is 1. The first-order valence-corrected chi connectivity index (χ1v) is 11.0. The van der Waals surface area contributed by atoms with E-state index >= 15 is 0 Å². The van der Waals surface area contributed by atoms with Gasteiger partial charge in [0, 0.05) is 28.1 Å². The number of sulfonamides is 1. The molecule has 0 saturated carbocycles. The topological polar surface area (TPSA) is 66.5 Å². The molecule has 0 radical (unpaired) electrons. The minimum absolute atomic E-state index is 0.167. The molecule has 9 heteroatoms. The van der Waals surface area contributed by atoms with Crippen molar-refractivity contribution >= 4 is 66.4 Å². The Hall–Kier alpha value is -1.28. The van der Waals surface area contributed by atoms with Gasteiger partial charge in [0.05, 0.1) is 17.0 Å². The zero-order chi connectivity index (χ0) is 19.3. The van der Waals surface area contributed by atoms with Gasteiger partial charge in [-0.3, -0.25) is 9.10 Å². The first-order chi connectivity index (χ1) is 12.2. The lowest BCUT2D eigenvalue weighted by Crippen LogP contribution is -2.31. The number of benzene rings is 2. The van der Waals surface area contributed by atoms with E-state index in [1.807, 2.05) is 0 Å². The predicted molar refractivity (Wildman–Crippen MR) is 111 cm³/mol. The molecule has 0 aliphatic rings. The largest absolute Gasteiger partial charge is 0.326 e. The van der Waals surface area contributed by atoms with Crippen molar-refractivity contribution in [1.29, 1.82) is 0 Å². The molecule has 1 N–H and O–H groups in total. The van der Waals surface area contributed by atoms with E-state index in [9.17, 15) is 13.2 Å². The molecule has 140 valence electrons. The average molecular weight is 480 g/mol.